The van der Waals surface area contributed by atoms with Gasteiger partial charge < -0.3 is 10.2 Å². The summed E-state index contributed by atoms with van der Waals surface area (Å²) in [5.41, 5.74) is 3.33. The summed E-state index contributed by atoms with van der Waals surface area (Å²) in [6.45, 7) is 2.83. The van der Waals surface area contributed by atoms with Crippen LogP contribution in [0.15, 0.2) is 65.0 Å². The molecule has 2 N–H and O–H groups in total. The van der Waals surface area contributed by atoms with Crippen LogP contribution in [0.5, 0.6) is 0 Å². The molecule has 0 spiro atoms. The van der Waals surface area contributed by atoms with Crippen molar-refractivity contribution in [2.75, 3.05) is 26.0 Å². The van der Waals surface area contributed by atoms with Crippen molar-refractivity contribution >= 4 is 5.95 Å². The van der Waals surface area contributed by atoms with Crippen molar-refractivity contribution in [3.8, 4) is 0 Å². The van der Waals surface area contributed by atoms with Gasteiger partial charge in [-0.15, -0.1) is 0 Å². The minimum absolute atomic E-state index is 0.111. The van der Waals surface area contributed by atoms with Gasteiger partial charge in [-0.25, -0.2) is 4.98 Å². The van der Waals surface area contributed by atoms with E-state index in [0.717, 1.165) is 25.0 Å². The van der Waals surface area contributed by atoms with E-state index < -0.39 is 0 Å². The molecule has 1 aliphatic rings. The minimum atomic E-state index is -0.111. The molecule has 0 bridgehead atoms. The second-order valence-electron chi connectivity index (χ2n) is 7.73. The van der Waals surface area contributed by atoms with Gasteiger partial charge >= 0.3 is 0 Å². The normalized spacial score (nSPS) is 15.5. The first-order valence-electron chi connectivity index (χ1n) is 9.92. The fourth-order valence-electron chi connectivity index (χ4n) is 3.47. The Labute approximate surface area is 167 Å². The van der Waals surface area contributed by atoms with Gasteiger partial charge in [0.25, 0.3) is 5.56 Å². The first-order valence-corrected chi connectivity index (χ1v) is 9.92. The van der Waals surface area contributed by atoms with E-state index in [-0.39, 0.29) is 11.5 Å². The number of allylic oxidation sites excluding steroid dienone is 4. The first kappa shape index (κ1) is 20.1. The highest BCUT2D eigenvalue weighted by Crippen LogP contribution is 2.24. The molecule has 5 heteroatoms. The second kappa shape index (κ2) is 9.51. The zero-order valence-corrected chi connectivity index (χ0v) is 17.0. The van der Waals surface area contributed by atoms with E-state index in [1.807, 2.05) is 6.07 Å². The lowest BCUT2D eigenvalue weighted by Gasteiger charge is -2.25. The summed E-state index contributed by atoms with van der Waals surface area (Å²) in [6.07, 6.45) is 9.39. The number of rotatable bonds is 9. The molecule has 1 aromatic carbocycles. The molecule has 0 aliphatic heterocycles. The summed E-state index contributed by atoms with van der Waals surface area (Å²) in [6, 6.07) is 12.4. The summed E-state index contributed by atoms with van der Waals surface area (Å²) < 4.78 is 0. The van der Waals surface area contributed by atoms with E-state index in [1.54, 1.807) is 6.07 Å². The molecule has 1 aromatic heterocycles. The van der Waals surface area contributed by atoms with Gasteiger partial charge in [0.2, 0.25) is 5.95 Å². The van der Waals surface area contributed by atoms with Crippen molar-refractivity contribution in [2.24, 2.45) is 0 Å². The van der Waals surface area contributed by atoms with Gasteiger partial charge in [-0.1, -0.05) is 61.1 Å². The zero-order valence-electron chi connectivity index (χ0n) is 17.0. The fraction of sp³-hybridized carbons (Fsp3) is 0.391. The Kier molecular flexibility index (Phi) is 6.82. The number of benzene rings is 1. The van der Waals surface area contributed by atoms with Crippen molar-refractivity contribution < 1.29 is 0 Å². The van der Waals surface area contributed by atoms with Crippen molar-refractivity contribution in [3.05, 3.63) is 81.8 Å². The number of aromatic nitrogens is 2. The molecule has 0 saturated heterocycles. The van der Waals surface area contributed by atoms with Crippen LogP contribution in [0.25, 0.3) is 0 Å². The van der Waals surface area contributed by atoms with Crippen LogP contribution in [0.2, 0.25) is 0 Å². The lowest BCUT2D eigenvalue weighted by Crippen LogP contribution is -2.37. The number of likely N-dealkylation sites (N-methyl/N-ethyl adjacent to an activating group) is 1. The van der Waals surface area contributed by atoms with Gasteiger partial charge in [-0.2, -0.15) is 0 Å². The molecule has 5 nitrogen and oxygen atoms in total. The predicted molar refractivity (Wildman–Crippen MR) is 116 cm³/mol. The van der Waals surface area contributed by atoms with Crippen LogP contribution in [0.4, 0.5) is 5.95 Å². The maximum Gasteiger partial charge on any atom is 0.252 e. The molecule has 3 rings (SSSR count). The van der Waals surface area contributed by atoms with Crippen LogP contribution in [0.3, 0.4) is 0 Å². The summed E-state index contributed by atoms with van der Waals surface area (Å²) in [7, 11) is 4.15. The number of aromatic amines is 1. The van der Waals surface area contributed by atoms with Crippen LogP contribution in [-0.4, -0.2) is 41.5 Å². The maximum atomic E-state index is 12.1. The Morgan fingerprint density at radius 2 is 2.00 bits per heavy atom. The lowest BCUT2D eigenvalue weighted by atomic mass is 9.98. The van der Waals surface area contributed by atoms with E-state index in [2.05, 4.69) is 83.7 Å². The fourth-order valence-corrected chi connectivity index (χ4v) is 3.47. The Bertz CT molecular complexity index is 883. The molecular weight excluding hydrogens is 348 g/mol. The predicted octanol–water partition coefficient (Wildman–Crippen LogP) is 3.73. The zero-order chi connectivity index (χ0) is 19.9. The molecule has 148 valence electrons. The Morgan fingerprint density at radius 3 is 2.68 bits per heavy atom. The number of hydrogen-bond acceptors (Lipinski definition) is 4. The highest BCUT2D eigenvalue weighted by atomic mass is 16.1. The summed E-state index contributed by atoms with van der Waals surface area (Å²) >= 11 is 0. The van der Waals surface area contributed by atoms with Crippen molar-refractivity contribution in [3.63, 3.8) is 0 Å². The van der Waals surface area contributed by atoms with Crippen LogP contribution < -0.4 is 10.9 Å². The standard InChI is InChI=1S/C23H30N4O/c1-17(13-18-11-7-8-12-18)21-15-22(28)26-23(25-21)24-16-20(27(2)3)14-19-9-5-4-6-10-19/h4-7,9-12,15,17,20H,8,13-14,16H2,1-3H3,(H2,24,25,26,28). The summed E-state index contributed by atoms with van der Waals surface area (Å²) in [5, 5.41) is 3.34. The van der Waals surface area contributed by atoms with E-state index in [4.69, 9.17) is 0 Å². The lowest BCUT2D eigenvalue weighted by molar-refractivity contribution is 0.303. The summed E-state index contributed by atoms with van der Waals surface area (Å²) in [5.74, 6) is 0.746. The average molecular weight is 379 g/mol. The molecule has 0 saturated carbocycles. The maximum absolute atomic E-state index is 12.1. The number of nitrogens with zero attached hydrogens (tertiary/aromatic N) is 2. The molecule has 2 unspecified atom stereocenters. The minimum Gasteiger partial charge on any atom is -0.354 e. The van der Waals surface area contributed by atoms with Crippen LogP contribution in [-0.2, 0) is 6.42 Å². The van der Waals surface area contributed by atoms with Crippen molar-refractivity contribution in [1.82, 2.24) is 14.9 Å². The molecule has 0 amide bonds. The molecule has 2 aromatic rings. The third-order valence-corrected chi connectivity index (χ3v) is 5.21. The third-order valence-electron chi connectivity index (χ3n) is 5.21. The number of hydrogen-bond donors (Lipinski definition) is 2. The SMILES string of the molecule is CC(CC1=CCC=C1)c1cc(=O)[nH]c(NCC(Cc2ccccc2)N(C)C)n1. The van der Waals surface area contributed by atoms with Crippen LogP contribution in [0, 0.1) is 0 Å². The van der Waals surface area contributed by atoms with Gasteiger partial charge in [0.05, 0.1) is 5.69 Å². The molecule has 0 radical (unpaired) electrons. The highest BCUT2D eigenvalue weighted by molar-refractivity contribution is 5.31. The number of anilines is 1. The topological polar surface area (TPSA) is 61.0 Å². The Morgan fingerprint density at radius 1 is 1.21 bits per heavy atom. The van der Waals surface area contributed by atoms with E-state index in [0.29, 0.717) is 18.5 Å². The third kappa shape index (κ3) is 5.67. The first-order chi connectivity index (χ1) is 13.5. The Balaban J connectivity index is 1.66. The van der Waals surface area contributed by atoms with Gasteiger partial charge in [0, 0.05) is 24.6 Å². The van der Waals surface area contributed by atoms with Crippen molar-refractivity contribution in [1.29, 1.82) is 0 Å². The van der Waals surface area contributed by atoms with E-state index in [9.17, 15) is 4.79 Å². The monoisotopic (exact) mass is 378 g/mol. The quantitative estimate of drug-likeness (QED) is 0.698. The summed E-state index contributed by atoms with van der Waals surface area (Å²) in [4.78, 5) is 21.9. The van der Waals surface area contributed by atoms with Gasteiger partial charge in [0.1, 0.15) is 0 Å². The van der Waals surface area contributed by atoms with Gasteiger partial charge in [0.15, 0.2) is 0 Å². The molecule has 0 fully saturated rings. The molecule has 28 heavy (non-hydrogen) atoms. The van der Waals surface area contributed by atoms with Crippen LogP contribution >= 0.6 is 0 Å². The number of nitrogens with one attached hydrogen (secondary N) is 2. The molecule has 1 aliphatic carbocycles. The Hall–Kier alpha value is -2.66. The molecular formula is C23H30N4O. The van der Waals surface area contributed by atoms with E-state index >= 15 is 0 Å². The van der Waals surface area contributed by atoms with Crippen LogP contribution in [0.1, 0.15) is 36.9 Å². The average Bonchev–Trinajstić information content (AvgIpc) is 3.18. The van der Waals surface area contributed by atoms with Gasteiger partial charge in [-0.3, -0.25) is 9.78 Å². The second-order valence-corrected chi connectivity index (χ2v) is 7.73. The molecule has 1 heterocycles. The van der Waals surface area contributed by atoms with E-state index in [1.165, 1.54) is 11.1 Å². The smallest absolute Gasteiger partial charge is 0.252 e. The van der Waals surface area contributed by atoms with Crippen molar-refractivity contribution in [2.45, 2.75) is 38.1 Å². The van der Waals surface area contributed by atoms with Gasteiger partial charge in [-0.05, 0) is 38.9 Å². The number of H-pyrrole nitrogens is 1. The molecule has 2 atom stereocenters. The highest BCUT2D eigenvalue weighted by Gasteiger charge is 2.15. The largest absolute Gasteiger partial charge is 0.354 e.